The van der Waals surface area contributed by atoms with Gasteiger partial charge in [-0.15, -0.1) is 0 Å². The molecule has 13 heavy (non-hydrogen) atoms. The zero-order chi connectivity index (χ0) is 8.49. The summed E-state index contributed by atoms with van der Waals surface area (Å²) < 4.78 is 0. The largest absolute Gasteiger partial charge is 0.368 e. The molecule has 0 amide bonds. The van der Waals surface area contributed by atoms with E-state index in [0.29, 0.717) is 0 Å². The van der Waals surface area contributed by atoms with E-state index in [1.807, 2.05) is 36.7 Å². The van der Waals surface area contributed by atoms with Gasteiger partial charge in [0.05, 0.1) is 8.41 Å². The quantitative estimate of drug-likeness (QED) is 0.547. The van der Waals surface area contributed by atoms with Crippen LogP contribution in [0.25, 0.3) is 0 Å². The van der Waals surface area contributed by atoms with Crippen LogP contribution >= 0.6 is 0 Å². The van der Waals surface area contributed by atoms with Gasteiger partial charge >= 0.3 is 0 Å². The van der Waals surface area contributed by atoms with Crippen LogP contribution in [0.15, 0.2) is 61.0 Å². The molecule has 0 radical (unpaired) electrons. The highest BCUT2D eigenvalue weighted by atomic mass is 14.8. The first-order chi connectivity index (χ1) is 6.00. The Morgan fingerprint density at radius 3 is 1.62 bits per heavy atom. The summed E-state index contributed by atoms with van der Waals surface area (Å²) in [5.41, 5.74) is 0. The number of nitrogens with one attached hydrogen (secondary N) is 1. The van der Waals surface area contributed by atoms with E-state index in [4.69, 9.17) is 0 Å². The van der Waals surface area contributed by atoms with Crippen molar-refractivity contribution in [2.24, 2.45) is 0 Å². The number of allylic oxidation sites excluding steroid dienone is 8. The fourth-order valence-corrected chi connectivity index (χ4v) is 0.799. The van der Waals surface area contributed by atoms with Gasteiger partial charge in [-0.25, -0.2) is 0 Å². The molecule has 0 aromatic carbocycles. The highest BCUT2D eigenvalue weighted by Gasteiger charge is 1.72. The van der Waals surface area contributed by atoms with Gasteiger partial charge in [0, 0.05) is 12.4 Å². The van der Waals surface area contributed by atoms with E-state index in [1.54, 1.807) is 0 Å². The lowest BCUT2D eigenvalue weighted by atomic mass is 10.5. The molecule has 0 atom stereocenters. The molecular formula is C11H16BN. The Labute approximate surface area is 81.8 Å². The molecule has 0 saturated heterocycles. The third-order valence-electron chi connectivity index (χ3n) is 1.37. The average molecular weight is 173 g/mol. The predicted octanol–water partition coefficient (Wildman–Crippen LogP) is 1.49. The first-order valence-corrected chi connectivity index (χ1v) is 4.06. The summed E-state index contributed by atoms with van der Waals surface area (Å²) in [4.78, 5) is 0. The fraction of sp³-hybridized carbons (Fsp3) is 0.0909. The first kappa shape index (κ1) is 11.6. The molecule has 1 aliphatic carbocycles. The third kappa shape index (κ3) is 6.94. The topological polar surface area (TPSA) is 12.0 Å². The Morgan fingerprint density at radius 2 is 1.23 bits per heavy atom. The molecule has 2 heteroatoms. The van der Waals surface area contributed by atoms with Crippen LogP contribution in [0.3, 0.4) is 0 Å². The van der Waals surface area contributed by atoms with Crippen LogP contribution in [0.4, 0.5) is 0 Å². The standard InChI is InChI=1S/C6H7N.C5H6.BH3/c1-2-4-6-7-5-3-1;1-2-4-5-3-1;/h1-7H;1-4H,5H2;1H3. The molecule has 1 heterocycles. The fourth-order valence-electron chi connectivity index (χ4n) is 0.799. The zero-order valence-electron chi connectivity index (χ0n) is 6.98. The number of hydrogen-bond acceptors (Lipinski definition) is 1. The second-order valence-electron chi connectivity index (χ2n) is 2.36. The van der Waals surface area contributed by atoms with Gasteiger partial charge in [-0.1, -0.05) is 36.5 Å². The Morgan fingerprint density at radius 1 is 0.692 bits per heavy atom. The van der Waals surface area contributed by atoms with Crippen LogP contribution < -0.4 is 5.32 Å². The summed E-state index contributed by atoms with van der Waals surface area (Å²) in [5, 5.41) is 2.92. The lowest BCUT2D eigenvalue weighted by Crippen LogP contribution is -1.87. The van der Waals surface area contributed by atoms with Gasteiger partial charge in [-0.3, -0.25) is 0 Å². The summed E-state index contributed by atoms with van der Waals surface area (Å²) in [6.07, 6.45) is 21.1. The highest BCUT2D eigenvalue weighted by molar-refractivity contribution is 5.75. The molecule has 2 rings (SSSR count). The molecule has 0 saturated carbocycles. The second-order valence-corrected chi connectivity index (χ2v) is 2.36. The normalized spacial score (nSPS) is 15.4. The molecule has 0 unspecified atom stereocenters. The molecule has 0 bridgehead atoms. The van der Waals surface area contributed by atoms with Crippen LogP contribution in [0.1, 0.15) is 6.42 Å². The SMILES string of the molecule is B.C1=CC=CNC=C1.C1=CCC=C1. The summed E-state index contributed by atoms with van der Waals surface area (Å²) >= 11 is 0. The number of hydrogen-bond donors (Lipinski definition) is 1. The number of rotatable bonds is 0. The minimum atomic E-state index is 0. The Bertz CT molecular complexity index is 223. The van der Waals surface area contributed by atoms with Gasteiger partial charge in [0.1, 0.15) is 0 Å². The van der Waals surface area contributed by atoms with Crippen molar-refractivity contribution >= 4 is 8.41 Å². The second kappa shape index (κ2) is 8.66. The van der Waals surface area contributed by atoms with Crippen molar-refractivity contribution in [2.75, 3.05) is 0 Å². The molecule has 68 valence electrons. The van der Waals surface area contributed by atoms with Crippen LogP contribution in [-0.4, -0.2) is 8.41 Å². The molecule has 0 aromatic heterocycles. The van der Waals surface area contributed by atoms with Crippen molar-refractivity contribution in [3.63, 3.8) is 0 Å². The average Bonchev–Trinajstić information content (AvgIpc) is 2.54. The van der Waals surface area contributed by atoms with Crippen molar-refractivity contribution in [1.82, 2.24) is 5.32 Å². The van der Waals surface area contributed by atoms with Gasteiger partial charge in [0.15, 0.2) is 0 Å². The minimum Gasteiger partial charge on any atom is -0.368 e. The molecule has 1 aliphatic heterocycles. The highest BCUT2D eigenvalue weighted by Crippen LogP contribution is 1.93. The summed E-state index contributed by atoms with van der Waals surface area (Å²) in [6.45, 7) is 0. The molecule has 2 aliphatic rings. The molecule has 1 N–H and O–H groups in total. The molecule has 0 spiro atoms. The van der Waals surface area contributed by atoms with E-state index < -0.39 is 0 Å². The van der Waals surface area contributed by atoms with Crippen molar-refractivity contribution in [2.45, 2.75) is 6.42 Å². The van der Waals surface area contributed by atoms with Gasteiger partial charge in [-0.05, 0) is 18.6 Å². The Balaban J connectivity index is 0.000000215. The van der Waals surface area contributed by atoms with Crippen LogP contribution in [0.2, 0.25) is 0 Å². The summed E-state index contributed by atoms with van der Waals surface area (Å²) in [5.74, 6) is 0. The molecule has 1 nitrogen and oxygen atoms in total. The summed E-state index contributed by atoms with van der Waals surface area (Å²) in [6, 6.07) is 0. The van der Waals surface area contributed by atoms with Crippen molar-refractivity contribution < 1.29 is 0 Å². The maximum absolute atomic E-state index is 2.92. The molecule has 0 aromatic rings. The third-order valence-corrected chi connectivity index (χ3v) is 1.37. The van der Waals surface area contributed by atoms with Gasteiger partial charge in [-0.2, -0.15) is 0 Å². The van der Waals surface area contributed by atoms with Crippen molar-refractivity contribution in [1.29, 1.82) is 0 Å². The monoisotopic (exact) mass is 173 g/mol. The van der Waals surface area contributed by atoms with Crippen LogP contribution in [0, 0.1) is 0 Å². The maximum atomic E-state index is 2.92. The maximum Gasteiger partial charge on any atom is 0.0814 e. The van der Waals surface area contributed by atoms with E-state index in [-0.39, 0.29) is 8.41 Å². The Hall–Kier alpha value is -1.44. The van der Waals surface area contributed by atoms with E-state index in [0.717, 1.165) is 6.42 Å². The van der Waals surface area contributed by atoms with Gasteiger partial charge in [0.2, 0.25) is 0 Å². The lowest BCUT2D eigenvalue weighted by molar-refractivity contribution is 1.20. The van der Waals surface area contributed by atoms with Crippen LogP contribution in [-0.2, 0) is 0 Å². The van der Waals surface area contributed by atoms with E-state index in [9.17, 15) is 0 Å². The zero-order valence-corrected chi connectivity index (χ0v) is 6.98. The Kier molecular flexibility index (Phi) is 7.70. The van der Waals surface area contributed by atoms with Crippen molar-refractivity contribution in [3.8, 4) is 0 Å². The molecular weight excluding hydrogens is 157 g/mol. The first-order valence-electron chi connectivity index (χ1n) is 4.06. The van der Waals surface area contributed by atoms with E-state index in [2.05, 4.69) is 29.6 Å². The smallest absolute Gasteiger partial charge is 0.0814 e. The van der Waals surface area contributed by atoms with E-state index in [1.165, 1.54) is 0 Å². The predicted molar refractivity (Wildman–Crippen MR) is 63.4 cm³/mol. The minimum absolute atomic E-state index is 0. The van der Waals surface area contributed by atoms with Gasteiger partial charge < -0.3 is 5.32 Å². The molecule has 0 fully saturated rings. The summed E-state index contributed by atoms with van der Waals surface area (Å²) in [7, 11) is 0. The van der Waals surface area contributed by atoms with Crippen molar-refractivity contribution in [3.05, 3.63) is 61.0 Å². The van der Waals surface area contributed by atoms with Gasteiger partial charge in [0.25, 0.3) is 0 Å². The lowest BCUT2D eigenvalue weighted by Gasteiger charge is -1.79. The van der Waals surface area contributed by atoms with E-state index >= 15 is 0 Å². The van der Waals surface area contributed by atoms with Crippen LogP contribution in [0.5, 0.6) is 0 Å².